The SMILES string of the molecule is C=C/C=C(\C)CC[C@H]1CC(O)O[C@@H]1/C=C(\C)CCC. The van der Waals surface area contributed by atoms with Crippen molar-refractivity contribution in [1.29, 1.82) is 0 Å². The van der Waals surface area contributed by atoms with Crippen molar-refractivity contribution in [2.45, 2.75) is 65.3 Å². The molecule has 1 rings (SSSR count). The number of aliphatic hydroxyl groups is 1. The normalized spacial score (nSPS) is 28.7. The molecule has 2 nitrogen and oxygen atoms in total. The van der Waals surface area contributed by atoms with Crippen LogP contribution in [-0.4, -0.2) is 17.5 Å². The third kappa shape index (κ3) is 5.75. The number of allylic oxidation sites excluding steroid dienone is 4. The first kappa shape index (κ1) is 16.2. The van der Waals surface area contributed by atoms with E-state index in [-0.39, 0.29) is 6.10 Å². The van der Waals surface area contributed by atoms with E-state index in [1.807, 2.05) is 6.08 Å². The molecule has 1 heterocycles. The van der Waals surface area contributed by atoms with Gasteiger partial charge in [0.2, 0.25) is 0 Å². The molecule has 1 fully saturated rings. The zero-order chi connectivity index (χ0) is 14.3. The van der Waals surface area contributed by atoms with E-state index in [2.05, 4.69) is 39.5 Å². The summed E-state index contributed by atoms with van der Waals surface area (Å²) in [5.74, 6) is 0.426. The fourth-order valence-electron chi connectivity index (χ4n) is 2.65. The maximum absolute atomic E-state index is 9.70. The Morgan fingerprint density at radius 1 is 1.32 bits per heavy atom. The Hall–Kier alpha value is -0.860. The molecule has 2 heteroatoms. The summed E-state index contributed by atoms with van der Waals surface area (Å²) in [7, 11) is 0. The van der Waals surface area contributed by atoms with Gasteiger partial charge in [-0.2, -0.15) is 0 Å². The van der Waals surface area contributed by atoms with Crippen molar-refractivity contribution in [3.63, 3.8) is 0 Å². The van der Waals surface area contributed by atoms with Crippen molar-refractivity contribution in [2.75, 3.05) is 0 Å². The molecule has 0 amide bonds. The second-order valence-corrected chi connectivity index (χ2v) is 5.60. The van der Waals surface area contributed by atoms with E-state index in [1.165, 1.54) is 11.1 Å². The topological polar surface area (TPSA) is 29.5 Å². The van der Waals surface area contributed by atoms with E-state index < -0.39 is 6.29 Å². The molecule has 0 aliphatic carbocycles. The van der Waals surface area contributed by atoms with Crippen LogP contribution in [0.3, 0.4) is 0 Å². The maximum Gasteiger partial charge on any atom is 0.155 e. The van der Waals surface area contributed by atoms with E-state index in [4.69, 9.17) is 4.74 Å². The van der Waals surface area contributed by atoms with Crippen LogP contribution in [0.2, 0.25) is 0 Å². The number of aliphatic hydroxyl groups excluding tert-OH is 1. The molecule has 1 N–H and O–H groups in total. The third-order valence-electron chi connectivity index (χ3n) is 3.69. The lowest BCUT2D eigenvalue weighted by Crippen LogP contribution is -2.14. The molecule has 0 spiro atoms. The fraction of sp³-hybridized carbons (Fsp3) is 0.647. The van der Waals surface area contributed by atoms with Crippen LogP contribution < -0.4 is 0 Å². The predicted octanol–water partition coefficient (Wildman–Crippen LogP) is 4.37. The summed E-state index contributed by atoms with van der Waals surface area (Å²) in [6.07, 6.45) is 10.7. The molecule has 19 heavy (non-hydrogen) atoms. The molecule has 0 aromatic rings. The Balaban J connectivity index is 2.57. The van der Waals surface area contributed by atoms with Crippen LogP contribution in [0.1, 0.15) is 52.9 Å². The van der Waals surface area contributed by atoms with Crippen molar-refractivity contribution < 1.29 is 9.84 Å². The first-order valence-electron chi connectivity index (χ1n) is 7.35. The summed E-state index contributed by atoms with van der Waals surface area (Å²) in [4.78, 5) is 0. The minimum atomic E-state index is -0.593. The Kier molecular flexibility index (Phi) is 7.11. The van der Waals surface area contributed by atoms with E-state index >= 15 is 0 Å². The van der Waals surface area contributed by atoms with Crippen molar-refractivity contribution in [3.8, 4) is 0 Å². The molecular formula is C17H28O2. The molecule has 0 bridgehead atoms. The molecule has 1 unspecified atom stereocenters. The van der Waals surface area contributed by atoms with Gasteiger partial charge in [0.15, 0.2) is 6.29 Å². The minimum absolute atomic E-state index is 0.0816. The van der Waals surface area contributed by atoms with Gasteiger partial charge in [-0.15, -0.1) is 0 Å². The summed E-state index contributed by atoms with van der Waals surface area (Å²) in [6, 6.07) is 0. The Morgan fingerprint density at radius 3 is 2.68 bits per heavy atom. The highest BCUT2D eigenvalue weighted by molar-refractivity contribution is 5.09. The van der Waals surface area contributed by atoms with Gasteiger partial charge in [0.25, 0.3) is 0 Å². The summed E-state index contributed by atoms with van der Waals surface area (Å²) < 4.78 is 5.62. The van der Waals surface area contributed by atoms with Crippen molar-refractivity contribution in [3.05, 3.63) is 36.0 Å². The van der Waals surface area contributed by atoms with E-state index in [1.54, 1.807) is 0 Å². The van der Waals surface area contributed by atoms with Crippen molar-refractivity contribution in [1.82, 2.24) is 0 Å². The predicted molar refractivity (Wildman–Crippen MR) is 80.8 cm³/mol. The number of ether oxygens (including phenoxy) is 1. The van der Waals surface area contributed by atoms with Crippen LogP contribution in [0.25, 0.3) is 0 Å². The monoisotopic (exact) mass is 264 g/mol. The van der Waals surface area contributed by atoms with Gasteiger partial charge >= 0.3 is 0 Å². The first-order chi connectivity index (χ1) is 9.06. The summed E-state index contributed by atoms with van der Waals surface area (Å²) in [6.45, 7) is 10.2. The molecule has 108 valence electrons. The zero-order valence-electron chi connectivity index (χ0n) is 12.6. The molecule has 1 aliphatic rings. The third-order valence-corrected chi connectivity index (χ3v) is 3.69. The Bertz CT molecular complexity index is 341. The molecular weight excluding hydrogens is 236 g/mol. The van der Waals surface area contributed by atoms with E-state index in [9.17, 15) is 5.11 Å². The van der Waals surface area contributed by atoms with Crippen LogP contribution in [0, 0.1) is 5.92 Å². The van der Waals surface area contributed by atoms with Crippen molar-refractivity contribution >= 4 is 0 Å². The molecule has 1 aliphatic heterocycles. The zero-order valence-corrected chi connectivity index (χ0v) is 12.6. The number of hydrogen-bond donors (Lipinski definition) is 1. The van der Waals surface area contributed by atoms with Crippen LogP contribution in [0.5, 0.6) is 0 Å². The summed E-state index contributed by atoms with van der Waals surface area (Å²) in [5.41, 5.74) is 2.70. The summed E-state index contributed by atoms with van der Waals surface area (Å²) >= 11 is 0. The number of rotatable bonds is 7. The fourth-order valence-corrected chi connectivity index (χ4v) is 2.65. The van der Waals surface area contributed by atoms with Gasteiger partial charge in [0, 0.05) is 6.42 Å². The molecule has 0 aromatic carbocycles. The van der Waals surface area contributed by atoms with Gasteiger partial charge in [0.1, 0.15) is 0 Å². The quantitative estimate of drug-likeness (QED) is 0.546. The molecule has 1 saturated heterocycles. The lowest BCUT2D eigenvalue weighted by molar-refractivity contribution is -0.0791. The molecule has 0 aromatic heterocycles. The highest BCUT2D eigenvalue weighted by atomic mass is 16.6. The standard InChI is InChI=1S/C17H28O2/c1-5-7-13(3)9-10-15-12-17(18)19-16(15)11-14(4)8-6-2/h5,7,11,15-18H,1,6,8-10,12H2,2-4H3/b13-7+,14-11+/t15-,16+,17?/m0/s1. The van der Waals surface area contributed by atoms with Gasteiger partial charge in [-0.25, -0.2) is 0 Å². The van der Waals surface area contributed by atoms with Crippen LogP contribution in [0.4, 0.5) is 0 Å². The van der Waals surface area contributed by atoms with Gasteiger partial charge in [-0.05, 0) is 39.0 Å². The molecule has 0 radical (unpaired) electrons. The van der Waals surface area contributed by atoms with Gasteiger partial charge in [0.05, 0.1) is 6.10 Å². The Labute approximate surface area is 117 Å². The van der Waals surface area contributed by atoms with E-state index in [0.717, 1.165) is 32.1 Å². The van der Waals surface area contributed by atoms with Crippen LogP contribution in [-0.2, 0) is 4.74 Å². The second-order valence-electron chi connectivity index (χ2n) is 5.60. The second kappa shape index (κ2) is 8.34. The highest BCUT2D eigenvalue weighted by Gasteiger charge is 2.32. The highest BCUT2D eigenvalue weighted by Crippen LogP contribution is 2.32. The van der Waals surface area contributed by atoms with E-state index in [0.29, 0.717) is 5.92 Å². The lowest BCUT2D eigenvalue weighted by Gasteiger charge is -2.16. The first-order valence-corrected chi connectivity index (χ1v) is 7.35. The summed E-state index contributed by atoms with van der Waals surface area (Å²) in [5, 5.41) is 9.70. The van der Waals surface area contributed by atoms with Crippen LogP contribution in [0.15, 0.2) is 36.0 Å². The number of hydrogen-bond acceptors (Lipinski definition) is 2. The molecule has 3 atom stereocenters. The smallest absolute Gasteiger partial charge is 0.155 e. The van der Waals surface area contributed by atoms with Gasteiger partial charge in [-0.3, -0.25) is 0 Å². The van der Waals surface area contributed by atoms with Gasteiger partial charge < -0.3 is 9.84 Å². The largest absolute Gasteiger partial charge is 0.368 e. The molecule has 0 saturated carbocycles. The van der Waals surface area contributed by atoms with Crippen LogP contribution >= 0.6 is 0 Å². The Morgan fingerprint density at radius 2 is 2.05 bits per heavy atom. The average Bonchev–Trinajstić information content (AvgIpc) is 2.67. The van der Waals surface area contributed by atoms with Gasteiger partial charge in [-0.1, -0.05) is 49.3 Å². The minimum Gasteiger partial charge on any atom is -0.368 e. The maximum atomic E-state index is 9.70. The van der Waals surface area contributed by atoms with Crippen molar-refractivity contribution in [2.24, 2.45) is 5.92 Å². The average molecular weight is 264 g/mol. The lowest BCUT2D eigenvalue weighted by atomic mass is 9.92.